The van der Waals surface area contributed by atoms with Crippen LogP contribution in [0.5, 0.6) is 0 Å². The number of morpholine rings is 1. The maximum absolute atomic E-state index is 12.6. The van der Waals surface area contributed by atoms with Crippen LogP contribution < -0.4 is 10.2 Å². The second-order valence-corrected chi connectivity index (χ2v) is 7.43. The first-order valence-electron chi connectivity index (χ1n) is 10.3. The lowest BCUT2D eigenvalue weighted by Gasteiger charge is -2.36. The first-order valence-corrected chi connectivity index (χ1v) is 10.3. The summed E-state index contributed by atoms with van der Waals surface area (Å²) in [5.74, 6) is 0.840. The standard InChI is InChI=1S/C22H27N5O3/c28-21(27-14-15-30-19(17-27)18-6-2-1-3-7-18)16-24-22(29)26-12-10-25(11-13-26)20-8-4-5-9-23-20/h1-9,19H,10-17H2,(H,24,29)/t19-/m1/s1. The number of amides is 3. The molecular weight excluding hydrogens is 382 g/mol. The fourth-order valence-corrected chi connectivity index (χ4v) is 3.80. The van der Waals surface area contributed by atoms with Crippen LogP contribution in [0, 0.1) is 0 Å². The van der Waals surface area contributed by atoms with E-state index >= 15 is 0 Å². The molecule has 2 fully saturated rings. The molecule has 0 aliphatic carbocycles. The fraction of sp³-hybridized carbons (Fsp3) is 0.409. The van der Waals surface area contributed by atoms with Crippen LogP contribution in [0.3, 0.4) is 0 Å². The molecule has 4 rings (SSSR count). The Morgan fingerprint density at radius 3 is 2.47 bits per heavy atom. The predicted molar refractivity (Wildman–Crippen MR) is 113 cm³/mol. The van der Waals surface area contributed by atoms with E-state index in [1.165, 1.54) is 0 Å². The van der Waals surface area contributed by atoms with E-state index in [-0.39, 0.29) is 24.6 Å². The molecule has 1 atom stereocenters. The molecule has 2 aliphatic rings. The van der Waals surface area contributed by atoms with Crippen LogP contribution in [0.15, 0.2) is 54.7 Å². The highest BCUT2D eigenvalue weighted by molar-refractivity contribution is 5.84. The number of aromatic nitrogens is 1. The molecule has 3 amide bonds. The Morgan fingerprint density at radius 2 is 1.73 bits per heavy atom. The number of piperazine rings is 1. The number of carbonyl (C=O) groups excluding carboxylic acids is 2. The summed E-state index contributed by atoms with van der Waals surface area (Å²) >= 11 is 0. The summed E-state index contributed by atoms with van der Waals surface area (Å²) in [5, 5.41) is 2.78. The Hall–Kier alpha value is -3.13. The van der Waals surface area contributed by atoms with Gasteiger partial charge in [-0.3, -0.25) is 4.79 Å². The highest BCUT2D eigenvalue weighted by Crippen LogP contribution is 2.21. The topological polar surface area (TPSA) is 78.0 Å². The largest absolute Gasteiger partial charge is 0.370 e. The maximum Gasteiger partial charge on any atom is 0.317 e. The van der Waals surface area contributed by atoms with Gasteiger partial charge in [0, 0.05) is 38.9 Å². The van der Waals surface area contributed by atoms with Crippen LogP contribution in [-0.4, -0.2) is 79.1 Å². The molecule has 3 heterocycles. The third-order valence-corrected chi connectivity index (χ3v) is 5.52. The van der Waals surface area contributed by atoms with Crippen molar-refractivity contribution >= 4 is 17.8 Å². The van der Waals surface area contributed by atoms with Gasteiger partial charge in [-0.1, -0.05) is 36.4 Å². The van der Waals surface area contributed by atoms with Crippen molar-refractivity contribution in [3.05, 3.63) is 60.3 Å². The number of nitrogens with one attached hydrogen (secondary N) is 1. The molecule has 0 unspecified atom stereocenters. The van der Waals surface area contributed by atoms with Gasteiger partial charge >= 0.3 is 6.03 Å². The van der Waals surface area contributed by atoms with Gasteiger partial charge in [-0.05, 0) is 17.7 Å². The predicted octanol–water partition coefficient (Wildman–Crippen LogP) is 1.51. The zero-order valence-electron chi connectivity index (χ0n) is 16.9. The van der Waals surface area contributed by atoms with Gasteiger partial charge in [-0.25, -0.2) is 9.78 Å². The number of anilines is 1. The molecule has 0 saturated carbocycles. The number of carbonyl (C=O) groups is 2. The van der Waals surface area contributed by atoms with Crippen molar-refractivity contribution in [3.63, 3.8) is 0 Å². The number of rotatable bonds is 4. The van der Waals surface area contributed by atoms with Crippen LogP contribution in [0.4, 0.5) is 10.6 Å². The van der Waals surface area contributed by atoms with E-state index in [1.54, 1.807) is 16.0 Å². The molecule has 0 spiro atoms. The Kier molecular flexibility index (Phi) is 6.44. The molecule has 0 radical (unpaired) electrons. The Labute approximate surface area is 176 Å². The number of hydrogen-bond donors (Lipinski definition) is 1. The van der Waals surface area contributed by atoms with Crippen molar-refractivity contribution in [3.8, 4) is 0 Å². The van der Waals surface area contributed by atoms with Crippen molar-refractivity contribution in [2.75, 3.05) is 57.3 Å². The number of urea groups is 1. The van der Waals surface area contributed by atoms with Gasteiger partial charge in [-0.15, -0.1) is 0 Å². The smallest absolute Gasteiger partial charge is 0.317 e. The first kappa shape index (κ1) is 20.2. The van der Waals surface area contributed by atoms with E-state index < -0.39 is 0 Å². The monoisotopic (exact) mass is 409 g/mol. The minimum Gasteiger partial charge on any atom is -0.370 e. The summed E-state index contributed by atoms with van der Waals surface area (Å²) in [6, 6.07) is 15.5. The molecule has 1 aromatic heterocycles. The summed E-state index contributed by atoms with van der Waals surface area (Å²) in [4.78, 5) is 35.1. The van der Waals surface area contributed by atoms with Crippen molar-refractivity contribution < 1.29 is 14.3 Å². The van der Waals surface area contributed by atoms with E-state index in [2.05, 4.69) is 15.2 Å². The molecule has 2 aliphatic heterocycles. The number of pyridine rings is 1. The van der Waals surface area contributed by atoms with Gasteiger partial charge in [0.15, 0.2) is 0 Å². The second-order valence-electron chi connectivity index (χ2n) is 7.43. The van der Waals surface area contributed by atoms with E-state index in [0.717, 1.165) is 24.5 Å². The van der Waals surface area contributed by atoms with Gasteiger partial charge in [0.05, 0.1) is 19.7 Å². The average molecular weight is 409 g/mol. The number of ether oxygens (including phenoxy) is 1. The number of nitrogens with zero attached hydrogens (tertiary/aromatic N) is 4. The van der Waals surface area contributed by atoms with E-state index in [4.69, 9.17) is 4.74 Å². The van der Waals surface area contributed by atoms with Gasteiger partial charge in [0.1, 0.15) is 11.9 Å². The molecule has 2 saturated heterocycles. The second kappa shape index (κ2) is 9.58. The van der Waals surface area contributed by atoms with Crippen molar-refractivity contribution in [1.29, 1.82) is 0 Å². The summed E-state index contributed by atoms with van der Waals surface area (Å²) in [5.41, 5.74) is 1.06. The lowest BCUT2D eigenvalue weighted by atomic mass is 10.1. The average Bonchev–Trinajstić information content (AvgIpc) is 2.83. The molecule has 30 heavy (non-hydrogen) atoms. The van der Waals surface area contributed by atoms with Gasteiger partial charge < -0.3 is 24.8 Å². The fourth-order valence-electron chi connectivity index (χ4n) is 3.80. The maximum atomic E-state index is 12.6. The van der Waals surface area contributed by atoms with Crippen molar-refractivity contribution in [2.24, 2.45) is 0 Å². The zero-order chi connectivity index (χ0) is 20.8. The molecule has 1 aromatic carbocycles. The molecule has 158 valence electrons. The minimum atomic E-state index is -0.197. The van der Waals surface area contributed by atoms with Gasteiger partial charge in [0.25, 0.3) is 0 Å². The molecule has 0 bridgehead atoms. The summed E-state index contributed by atoms with van der Waals surface area (Å²) in [6.45, 7) is 4.19. The Bertz CT molecular complexity index is 840. The Balaban J connectivity index is 1.22. The highest BCUT2D eigenvalue weighted by Gasteiger charge is 2.26. The van der Waals surface area contributed by atoms with Crippen LogP contribution in [-0.2, 0) is 9.53 Å². The summed E-state index contributed by atoms with van der Waals surface area (Å²) in [6.07, 6.45) is 1.65. The van der Waals surface area contributed by atoms with Gasteiger partial charge in [0.2, 0.25) is 5.91 Å². The van der Waals surface area contributed by atoms with E-state index in [0.29, 0.717) is 32.8 Å². The summed E-state index contributed by atoms with van der Waals surface area (Å²) in [7, 11) is 0. The van der Waals surface area contributed by atoms with Crippen molar-refractivity contribution in [2.45, 2.75) is 6.10 Å². The number of hydrogen-bond acceptors (Lipinski definition) is 5. The lowest BCUT2D eigenvalue weighted by molar-refractivity contribution is -0.137. The molecular formula is C22H27N5O3. The normalized spacial score (nSPS) is 19.5. The van der Waals surface area contributed by atoms with E-state index in [1.807, 2.05) is 48.5 Å². The van der Waals surface area contributed by atoms with Crippen LogP contribution in [0.1, 0.15) is 11.7 Å². The third-order valence-electron chi connectivity index (χ3n) is 5.52. The third kappa shape index (κ3) is 4.88. The highest BCUT2D eigenvalue weighted by atomic mass is 16.5. The molecule has 1 N–H and O–H groups in total. The molecule has 8 nitrogen and oxygen atoms in total. The summed E-state index contributed by atoms with van der Waals surface area (Å²) < 4.78 is 5.81. The van der Waals surface area contributed by atoms with Crippen molar-refractivity contribution in [1.82, 2.24) is 20.1 Å². The van der Waals surface area contributed by atoms with Crippen LogP contribution >= 0.6 is 0 Å². The molecule has 8 heteroatoms. The SMILES string of the molecule is O=C(CNC(=O)N1CCN(c2ccccn2)CC1)N1CCO[C@@H](c2ccccc2)C1. The van der Waals surface area contributed by atoms with Crippen LogP contribution in [0.25, 0.3) is 0 Å². The quantitative estimate of drug-likeness (QED) is 0.828. The lowest BCUT2D eigenvalue weighted by Crippen LogP contribution is -2.54. The van der Waals surface area contributed by atoms with Gasteiger partial charge in [-0.2, -0.15) is 0 Å². The van der Waals surface area contributed by atoms with E-state index in [9.17, 15) is 9.59 Å². The minimum absolute atomic E-state index is 0.000792. The Morgan fingerprint density at radius 1 is 0.967 bits per heavy atom. The zero-order valence-corrected chi connectivity index (χ0v) is 16.9. The first-order chi connectivity index (χ1) is 14.7. The number of benzene rings is 1. The molecule has 2 aromatic rings. The van der Waals surface area contributed by atoms with Crippen LogP contribution in [0.2, 0.25) is 0 Å².